The third-order valence-electron chi connectivity index (χ3n) is 13.7. The van der Waals surface area contributed by atoms with Gasteiger partial charge in [0.25, 0.3) is 20.2 Å². The number of fused-ring (bicyclic) bond motifs is 2. The summed E-state index contributed by atoms with van der Waals surface area (Å²) in [6.45, 7) is 3.81. The Kier molecular flexibility index (Phi) is 26.6. The van der Waals surface area contributed by atoms with Crippen LogP contribution < -0.4 is 32.6 Å². The number of anilines is 6. The Bertz CT molecular complexity index is 4280. The van der Waals surface area contributed by atoms with E-state index in [4.69, 9.17) is 21.0 Å². The second-order valence-corrected chi connectivity index (χ2v) is 25.7. The summed E-state index contributed by atoms with van der Waals surface area (Å²) in [5.74, 6) is -2.25. The van der Waals surface area contributed by atoms with Crippen molar-refractivity contribution in [2.45, 2.75) is 55.4 Å². The van der Waals surface area contributed by atoms with E-state index < -0.39 is 52.9 Å². The van der Waals surface area contributed by atoms with Crippen molar-refractivity contribution in [3.05, 3.63) is 105 Å². The summed E-state index contributed by atoms with van der Waals surface area (Å²) in [7, 11) is -9.88. The fourth-order valence-electron chi connectivity index (χ4n) is 9.46. The normalized spacial score (nSPS) is 13.4. The predicted molar refractivity (Wildman–Crippen MR) is 341 cm³/mol. The van der Waals surface area contributed by atoms with E-state index in [0.717, 1.165) is 24.3 Å². The molecule has 0 unspecified atom stereocenters. The Morgan fingerprint density at radius 2 is 0.898 bits per heavy atom. The van der Waals surface area contributed by atoms with Gasteiger partial charge in [-0.25, -0.2) is 40.4 Å². The van der Waals surface area contributed by atoms with Gasteiger partial charge in [0, 0.05) is 71.0 Å². The Morgan fingerprint density at radius 3 is 1.27 bits per heavy atom. The number of phenolic OH excluding ortho intramolecular Hbond substituents is 2. The molecule has 42 nitrogen and oxygen atoms in total. The van der Waals surface area contributed by atoms with Gasteiger partial charge in [-0.05, 0) is 97.4 Å². The third kappa shape index (κ3) is 20.1. The summed E-state index contributed by atoms with van der Waals surface area (Å²) in [4.78, 5) is 59.0. The highest BCUT2D eigenvalue weighted by atomic mass is 32.2. The van der Waals surface area contributed by atoms with Crippen LogP contribution in [0.1, 0.15) is 24.0 Å². The maximum absolute atomic E-state index is 12.9. The summed E-state index contributed by atoms with van der Waals surface area (Å²) in [6, 6.07) is 15.0. The second kappa shape index (κ2) is 35.1. The van der Waals surface area contributed by atoms with Crippen LogP contribution in [0.3, 0.4) is 0 Å². The van der Waals surface area contributed by atoms with Gasteiger partial charge in [-0.3, -0.25) is 29.6 Å². The summed E-state index contributed by atoms with van der Waals surface area (Å²) in [5.41, 5.74) is -2.40. The van der Waals surface area contributed by atoms with Gasteiger partial charge in [0.2, 0.25) is 23.8 Å². The molecule has 0 atom stereocenters. The van der Waals surface area contributed by atoms with Gasteiger partial charge in [0.05, 0.1) is 90.5 Å². The molecule has 0 amide bonds. The van der Waals surface area contributed by atoms with Crippen molar-refractivity contribution in [1.29, 1.82) is 0 Å². The van der Waals surface area contributed by atoms with Crippen LogP contribution in [0.2, 0.25) is 0 Å². The molecule has 48 heteroatoms. The van der Waals surface area contributed by atoms with E-state index in [9.17, 15) is 56.3 Å². The molecular formula is C50H52N16O26S6. The fourth-order valence-corrected chi connectivity index (χ4v) is 12.3. The van der Waals surface area contributed by atoms with Gasteiger partial charge in [0.15, 0.2) is 11.5 Å². The third-order valence-corrected chi connectivity index (χ3v) is 17.7. The lowest BCUT2D eigenvalue weighted by Gasteiger charge is -2.34. The molecule has 1 aliphatic heterocycles. The number of aromatic nitrogens is 6. The minimum atomic E-state index is -4.94. The van der Waals surface area contributed by atoms with Gasteiger partial charge in [0.1, 0.15) is 24.6 Å². The molecule has 1 aliphatic rings. The van der Waals surface area contributed by atoms with E-state index in [-0.39, 0.29) is 127 Å². The Labute approximate surface area is 565 Å². The molecule has 1 saturated heterocycles. The lowest BCUT2D eigenvalue weighted by Crippen LogP contribution is -2.47. The molecule has 3 heterocycles. The first kappa shape index (κ1) is 74.2. The SMILES string of the molecule is O=c1nc(NCCCN2CCN(CCCNc3nc(Nc4cc(S(=O)(=O)O)cc5cc(SOOO)c(N=Nc6cc(SOOO)ccc6COO)c(O)c45)[nH]c(=O)n3)CC2)nc(Nc2cc(S(=O)(=O)O)cc3cc(SOOO)c(N=Nc4cc(SOOO)ccc4COO)c(O)c23)[nH]1. The number of hydrogen-bond donors (Lipinski definition) is 16. The zero-order valence-electron chi connectivity index (χ0n) is 49.3. The van der Waals surface area contributed by atoms with Crippen LogP contribution >= 0.6 is 48.2 Å². The summed E-state index contributed by atoms with van der Waals surface area (Å²) >= 11 is 1.75. The first-order chi connectivity index (χ1) is 47.2. The number of hydrogen-bond acceptors (Lipinski definition) is 42. The monoisotopic (exact) mass is 1480 g/mol. The van der Waals surface area contributed by atoms with E-state index in [0.29, 0.717) is 110 Å². The zero-order chi connectivity index (χ0) is 69.9. The lowest BCUT2D eigenvalue weighted by atomic mass is 10.1. The number of piperazine rings is 1. The van der Waals surface area contributed by atoms with Crippen LogP contribution in [0.4, 0.5) is 57.9 Å². The van der Waals surface area contributed by atoms with Crippen LogP contribution in [0.5, 0.6) is 11.5 Å². The minimum Gasteiger partial charge on any atom is -0.505 e. The molecule has 524 valence electrons. The highest BCUT2D eigenvalue weighted by Crippen LogP contribution is 2.50. The van der Waals surface area contributed by atoms with Crippen molar-refractivity contribution in [2.24, 2.45) is 20.5 Å². The number of H-pyrrole nitrogens is 2. The number of benzene rings is 6. The lowest BCUT2D eigenvalue weighted by molar-refractivity contribution is -0.432. The molecular weight excluding hydrogens is 1430 g/mol. The quantitative estimate of drug-likeness (QED) is 0.00435. The highest BCUT2D eigenvalue weighted by molar-refractivity contribution is 7.95. The van der Waals surface area contributed by atoms with Gasteiger partial charge >= 0.3 is 11.4 Å². The molecule has 9 rings (SSSR count). The van der Waals surface area contributed by atoms with Crippen molar-refractivity contribution in [2.75, 3.05) is 73.6 Å². The van der Waals surface area contributed by atoms with Crippen LogP contribution in [0.15, 0.2) is 132 Å². The Balaban J connectivity index is 0.815. The van der Waals surface area contributed by atoms with E-state index >= 15 is 0 Å². The second-order valence-electron chi connectivity index (χ2n) is 19.8. The molecule has 2 aromatic heterocycles. The number of rotatable bonds is 36. The molecule has 0 radical (unpaired) electrons. The van der Waals surface area contributed by atoms with Crippen LogP contribution in [-0.2, 0) is 80.7 Å². The minimum absolute atomic E-state index is 0.0334. The van der Waals surface area contributed by atoms with Crippen LogP contribution in [0.25, 0.3) is 21.5 Å². The first-order valence-corrected chi connectivity index (χ1v) is 33.3. The molecule has 0 bridgehead atoms. The summed E-state index contributed by atoms with van der Waals surface area (Å²) in [6.07, 6.45) is 1.12. The van der Waals surface area contributed by atoms with Crippen molar-refractivity contribution < 1.29 is 115 Å². The number of nitrogens with one attached hydrogen (secondary N) is 6. The van der Waals surface area contributed by atoms with E-state index in [1.165, 1.54) is 48.5 Å². The first-order valence-electron chi connectivity index (χ1n) is 27.5. The van der Waals surface area contributed by atoms with E-state index in [1.807, 2.05) is 0 Å². The van der Waals surface area contributed by atoms with E-state index in [1.54, 1.807) is 0 Å². The van der Waals surface area contributed by atoms with Crippen molar-refractivity contribution in [3.63, 3.8) is 0 Å². The van der Waals surface area contributed by atoms with Crippen molar-refractivity contribution in [3.8, 4) is 11.5 Å². The molecule has 0 aliphatic carbocycles. The zero-order valence-corrected chi connectivity index (χ0v) is 54.2. The van der Waals surface area contributed by atoms with Crippen LogP contribution in [0, 0.1) is 0 Å². The average Bonchev–Trinajstić information content (AvgIpc) is 0.763. The number of nitrogens with zero attached hydrogens (tertiary/aromatic N) is 10. The number of phenols is 2. The Morgan fingerprint density at radius 1 is 0.510 bits per heavy atom. The predicted octanol–water partition coefficient (Wildman–Crippen LogP) is 8.79. The average molecular weight is 1490 g/mol. The molecule has 1 fully saturated rings. The molecule has 0 spiro atoms. The maximum atomic E-state index is 12.9. The smallest absolute Gasteiger partial charge is 0.351 e. The van der Waals surface area contributed by atoms with E-state index in [2.05, 4.69) is 129 Å². The van der Waals surface area contributed by atoms with Gasteiger partial charge in [-0.15, -0.1) is 37.8 Å². The summed E-state index contributed by atoms with van der Waals surface area (Å²) in [5, 5.41) is 120. The maximum Gasteiger partial charge on any atom is 0.351 e. The molecule has 0 saturated carbocycles. The standard InChI is InChI=1S/C50H52N16O26S6/c67-43-39-27(17-37(95-91-87-75)41(43)63-61-33-19-29(93-89-85-73)5-3-25(33)23-83-71)15-31(97(77,78)79)21-35(39)53-47-55-45(57-49(69)59-47)51-7-1-9-65-11-13-66(14-12-65)10-2-8-52-46-56-48(60-50(70)58-46)54-36-22-32(98(80,81)82)16-28-18-38(96-92-88-76)42(44(68)40(28)36)64-62-34-20-30(94-90-86-74)6-4-26(34)24-84-72/h3-6,15-22,67-68,71-76H,1-2,7-14,23-24H2,(H,77,78,79)(H,80,81,82)(H3,51,53,55,57,59,69)(H3,52,54,56,58,60,70). The molecule has 98 heavy (non-hydrogen) atoms. The van der Waals surface area contributed by atoms with Crippen molar-refractivity contribution >= 4 is 148 Å². The number of azo groups is 2. The van der Waals surface area contributed by atoms with Gasteiger partial charge < -0.3 is 41.3 Å². The fraction of sp³-hybridized carbons (Fsp3) is 0.240. The number of aromatic hydroxyl groups is 2. The molecule has 6 aromatic carbocycles. The Hall–Kier alpha value is -8.04. The summed E-state index contributed by atoms with van der Waals surface area (Å²) < 4.78 is 88.6. The highest BCUT2D eigenvalue weighted by Gasteiger charge is 2.26. The molecule has 16 N–H and O–H groups in total. The van der Waals surface area contributed by atoms with Gasteiger partial charge in [-0.2, -0.15) is 36.8 Å². The topological polar surface area (TPSA) is 584 Å². The van der Waals surface area contributed by atoms with Crippen molar-refractivity contribution in [1.82, 2.24) is 39.7 Å². The largest absolute Gasteiger partial charge is 0.505 e. The van der Waals surface area contributed by atoms with Crippen LogP contribution in [-0.4, -0.2) is 160 Å². The number of aromatic amines is 2. The molecule has 8 aromatic rings. The van der Waals surface area contributed by atoms with Gasteiger partial charge in [-0.1, -0.05) is 32.3 Å².